The number of carbonyl (C=O) groups excluding carboxylic acids is 1. The number of carbonyl (C=O) groups is 1. The fourth-order valence-electron chi connectivity index (χ4n) is 3.22. The first-order valence-electron chi connectivity index (χ1n) is 8.19. The first-order chi connectivity index (χ1) is 11.8. The number of benzene rings is 2. The Morgan fingerprint density at radius 2 is 1.60 bits per heavy atom. The maximum atomic E-state index is 12.8. The summed E-state index contributed by atoms with van der Waals surface area (Å²) in [6, 6.07) is 15.6. The van der Waals surface area contributed by atoms with Gasteiger partial charge in [-0.15, -0.1) is 0 Å². The Morgan fingerprint density at radius 3 is 2.20 bits per heavy atom. The van der Waals surface area contributed by atoms with E-state index in [1.165, 1.54) is 4.90 Å². The second-order valence-electron chi connectivity index (χ2n) is 6.52. The maximum Gasteiger partial charge on any atom is 0.321 e. The van der Waals surface area contributed by atoms with Gasteiger partial charge in [-0.25, -0.2) is 13.2 Å². The van der Waals surface area contributed by atoms with Crippen molar-refractivity contribution in [3.05, 3.63) is 65.7 Å². The predicted molar refractivity (Wildman–Crippen MR) is 96.9 cm³/mol. The number of nitrogens with zero attached hydrogens (tertiary/aromatic N) is 2. The molecule has 1 heterocycles. The standard InChI is InChI=1S/C19H22N2O3S/c1-14-9-11-17(12-10-14)25(23,24)13-21-18(15(2)20(3)19(21)22)16-7-5-4-6-8-16/h4-12,15,18H,13H2,1-3H3/t15-,18+/m0/s1. The normalized spacial score (nSPS) is 21.0. The lowest BCUT2D eigenvalue weighted by Crippen LogP contribution is -2.35. The van der Waals surface area contributed by atoms with E-state index >= 15 is 0 Å². The van der Waals surface area contributed by atoms with Crippen LogP contribution in [0, 0.1) is 6.92 Å². The predicted octanol–water partition coefficient (Wildman–Crippen LogP) is 3.22. The largest absolute Gasteiger partial charge is 0.323 e. The van der Waals surface area contributed by atoms with Gasteiger partial charge >= 0.3 is 6.03 Å². The van der Waals surface area contributed by atoms with Gasteiger partial charge in [0.15, 0.2) is 9.84 Å². The lowest BCUT2D eigenvalue weighted by molar-refractivity contribution is 0.197. The van der Waals surface area contributed by atoms with Gasteiger partial charge in [-0.1, -0.05) is 48.0 Å². The number of likely N-dealkylation sites (N-methyl/N-ethyl adjacent to an activating group) is 1. The molecule has 0 aromatic heterocycles. The van der Waals surface area contributed by atoms with E-state index in [0.29, 0.717) is 0 Å². The van der Waals surface area contributed by atoms with Crippen molar-refractivity contribution in [2.75, 3.05) is 12.9 Å². The third-order valence-electron chi connectivity index (χ3n) is 4.78. The highest BCUT2D eigenvalue weighted by Gasteiger charge is 2.43. The first-order valence-corrected chi connectivity index (χ1v) is 9.84. The van der Waals surface area contributed by atoms with E-state index < -0.39 is 9.84 Å². The quantitative estimate of drug-likeness (QED) is 0.843. The van der Waals surface area contributed by atoms with Crippen molar-refractivity contribution < 1.29 is 13.2 Å². The molecule has 1 aliphatic heterocycles. The SMILES string of the molecule is Cc1ccc(S(=O)(=O)CN2C(=O)N(C)[C@@H](C)[C@@H]2c2ccccc2)cc1. The summed E-state index contributed by atoms with van der Waals surface area (Å²) in [5, 5.41) is 0. The third kappa shape index (κ3) is 3.26. The van der Waals surface area contributed by atoms with Crippen LogP contribution in [0.25, 0.3) is 0 Å². The topological polar surface area (TPSA) is 57.7 Å². The number of urea groups is 1. The van der Waals surface area contributed by atoms with Gasteiger partial charge in [0, 0.05) is 7.05 Å². The van der Waals surface area contributed by atoms with Crippen molar-refractivity contribution in [1.29, 1.82) is 0 Å². The van der Waals surface area contributed by atoms with Gasteiger partial charge < -0.3 is 9.80 Å². The molecular formula is C19H22N2O3S. The number of rotatable bonds is 4. The highest BCUT2D eigenvalue weighted by atomic mass is 32.2. The fourth-order valence-corrected chi connectivity index (χ4v) is 4.55. The second kappa shape index (κ2) is 6.52. The molecule has 0 unspecified atom stereocenters. The summed E-state index contributed by atoms with van der Waals surface area (Å²) >= 11 is 0. The van der Waals surface area contributed by atoms with Crippen LogP contribution in [0.1, 0.15) is 24.1 Å². The molecule has 0 bridgehead atoms. The zero-order chi connectivity index (χ0) is 18.2. The Bertz CT molecular complexity index is 863. The minimum absolute atomic E-state index is 0.108. The molecule has 25 heavy (non-hydrogen) atoms. The summed E-state index contributed by atoms with van der Waals surface area (Å²) < 4.78 is 25.6. The lowest BCUT2D eigenvalue weighted by Gasteiger charge is -2.25. The summed E-state index contributed by atoms with van der Waals surface area (Å²) in [6.45, 7) is 3.84. The van der Waals surface area contributed by atoms with Crippen LogP contribution in [0.15, 0.2) is 59.5 Å². The summed E-state index contributed by atoms with van der Waals surface area (Å²) in [5.74, 6) is -0.330. The van der Waals surface area contributed by atoms with Crippen LogP contribution in [0.5, 0.6) is 0 Å². The molecule has 0 saturated carbocycles. The Labute approximate surface area is 148 Å². The highest BCUT2D eigenvalue weighted by Crippen LogP contribution is 2.35. The molecule has 2 aromatic carbocycles. The van der Waals surface area contributed by atoms with Gasteiger partial charge in [0.05, 0.1) is 17.0 Å². The van der Waals surface area contributed by atoms with E-state index in [2.05, 4.69) is 0 Å². The number of aryl methyl sites for hydroxylation is 1. The highest BCUT2D eigenvalue weighted by molar-refractivity contribution is 7.91. The molecule has 0 radical (unpaired) electrons. The molecule has 5 nitrogen and oxygen atoms in total. The van der Waals surface area contributed by atoms with E-state index in [1.54, 1.807) is 36.2 Å². The molecule has 0 N–H and O–H groups in total. The monoisotopic (exact) mass is 358 g/mol. The third-order valence-corrected chi connectivity index (χ3v) is 6.39. The molecule has 3 rings (SSSR count). The van der Waals surface area contributed by atoms with Crippen LogP contribution in [0.4, 0.5) is 4.79 Å². The van der Waals surface area contributed by atoms with Crippen molar-refractivity contribution >= 4 is 15.9 Å². The maximum absolute atomic E-state index is 12.8. The summed E-state index contributed by atoms with van der Waals surface area (Å²) in [6.07, 6.45) is 0. The van der Waals surface area contributed by atoms with Crippen molar-refractivity contribution in [2.45, 2.75) is 30.8 Å². The number of amides is 2. The van der Waals surface area contributed by atoms with Crippen molar-refractivity contribution in [1.82, 2.24) is 9.80 Å². The van der Waals surface area contributed by atoms with Crippen LogP contribution in [-0.4, -0.2) is 43.2 Å². The number of sulfone groups is 1. The van der Waals surface area contributed by atoms with Crippen molar-refractivity contribution in [3.8, 4) is 0 Å². The summed E-state index contributed by atoms with van der Waals surface area (Å²) in [7, 11) is -1.89. The second-order valence-corrected chi connectivity index (χ2v) is 8.48. The molecule has 2 atom stereocenters. The summed E-state index contributed by atoms with van der Waals surface area (Å²) in [4.78, 5) is 15.9. The number of hydrogen-bond donors (Lipinski definition) is 0. The zero-order valence-corrected chi connectivity index (χ0v) is 15.4. The van der Waals surface area contributed by atoms with Crippen LogP contribution >= 0.6 is 0 Å². The lowest BCUT2D eigenvalue weighted by atomic mass is 10.0. The molecule has 0 spiro atoms. The molecule has 1 aliphatic rings. The molecule has 1 fully saturated rings. The molecule has 2 aromatic rings. The van der Waals surface area contributed by atoms with E-state index in [0.717, 1.165) is 11.1 Å². The molecule has 0 aliphatic carbocycles. The molecular weight excluding hydrogens is 336 g/mol. The molecule has 1 saturated heterocycles. The minimum atomic E-state index is -3.60. The van der Waals surface area contributed by atoms with Gasteiger partial charge in [0.2, 0.25) is 0 Å². The number of hydrogen-bond acceptors (Lipinski definition) is 3. The Morgan fingerprint density at radius 1 is 1.00 bits per heavy atom. The van der Waals surface area contributed by atoms with Crippen LogP contribution in [0.2, 0.25) is 0 Å². The van der Waals surface area contributed by atoms with E-state index in [4.69, 9.17) is 0 Å². The minimum Gasteiger partial charge on any atom is -0.323 e. The van der Waals surface area contributed by atoms with Gasteiger partial charge in [-0.2, -0.15) is 0 Å². The zero-order valence-electron chi connectivity index (χ0n) is 14.6. The molecule has 6 heteroatoms. The fraction of sp³-hybridized carbons (Fsp3) is 0.316. The Balaban J connectivity index is 1.96. The van der Waals surface area contributed by atoms with E-state index in [9.17, 15) is 13.2 Å². The van der Waals surface area contributed by atoms with Gasteiger partial charge in [-0.3, -0.25) is 0 Å². The first kappa shape index (κ1) is 17.5. The average molecular weight is 358 g/mol. The smallest absolute Gasteiger partial charge is 0.321 e. The Hall–Kier alpha value is -2.34. The van der Waals surface area contributed by atoms with Crippen LogP contribution in [-0.2, 0) is 9.84 Å². The van der Waals surface area contributed by atoms with Crippen LogP contribution in [0.3, 0.4) is 0 Å². The van der Waals surface area contributed by atoms with E-state index in [-0.39, 0.29) is 28.9 Å². The molecule has 132 valence electrons. The average Bonchev–Trinajstić information content (AvgIpc) is 2.80. The van der Waals surface area contributed by atoms with Gasteiger partial charge in [-0.05, 0) is 31.5 Å². The van der Waals surface area contributed by atoms with Crippen molar-refractivity contribution in [3.63, 3.8) is 0 Å². The van der Waals surface area contributed by atoms with E-state index in [1.807, 2.05) is 44.2 Å². The van der Waals surface area contributed by atoms with Gasteiger partial charge in [0.25, 0.3) is 0 Å². The van der Waals surface area contributed by atoms with Gasteiger partial charge in [0.1, 0.15) is 5.88 Å². The summed E-state index contributed by atoms with van der Waals surface area (Å²) in [5.41, 5.74) is 1.93. The van der Waals surface area contributed by atoms with Crippen molar-refractivity contribution in [2.24, 2.45) is 0 Å². The molecule has 2 amide bonds. The van der Waals surface area contributed by atoms with Crippen LogP contribution < -0.4 is 0 Å². The Kier molecular flexibility index (Phi) is 4.56.